The number of nitrogens with one attached hydrogen (secondary N) is 1. The molecule has 3 aromatic rings. The molecule has 0 aliphatic rings. The SMILES string of the molecule is Cc1ccccc1N=Cc1c(O)n(-c2ccccc2F)c(=S)[nH]c1=O. The van der Waals surface area contributed by atoms with E-state index in [2.05, 4.69) is 9.98 Å². The van der Waals surface area contributed by atoms with Crippen molar-refractivity contribution in [1.29, 1.82) is 0 Å². The number of hydrogen-bond acceptors (Lipinski definition) is 4. The average molecular weight is 355 g/mol. The zero-order valence-corrected chi connectivity index (χ0v) is 14.0. The number of aromatic hydroxyl groups is 1. The van der Waals surface area contributed by atoms with Crippen molar-refractivity contribution in [3.05, 3.63) is 80.6 Å². The minimum Gasteiger partial charge on any atom is -0.494 e. The highest BCUT2D eigenvalue weighted by Gasteiger charge is 2.15. The summed E-state index contributed by atoms with van der Waals surface area (Å²) in [6, 6.07) is 13.2. The second-order valence-electron chi connectivity index (χ2n) is 5.33. The molecule has 1 aromatic heterocycles. The molecule has 2 aromatic carbocycles. The van der Waals surface area contributed by atoms with Crippen LogP contribution in [0.3, 0.4) is 0 Å². The van der Waals surface area contributed by atoms with E-state index >= 15 is 0 Å². The van der Waals surface area contributed by atoms with Crippen molar-refractivity contribution in [2.24, 2.45) is 4.99 Å². The van der Waals surface area contributed by atoms with Crippen LogP contribution < -0.4 is 5.56 Å². The van der Waals surface area contributed by atoms with Gasteiger partial charge in [0.25, 0.3) is 5.56 Å². The first kappa shape index (κ1) is 16.8. The van der Waals surface area contributed by atoms with Crippen molar-refractivity contribution >= 4 is 24.1 Å². The smallest absolute Gasteiger partial charge is 0.264 e. The van der Waals surface area contributed by atoms with E-state index in [1.807, 2.05) is 25.1 Å². The van der Waals surface area contributed by atoms with Crippen molar-refractivity contribution in [2.45, 2.75) is 6.92 Å². The number of H-pyrrole nitrogens is 1. The van der Waals surface area contributed by atoms with Crippen molar-refractivity contribution in [1.82, 2.24) is 9.55 Å². The molecular formula is C18H14FN3O2S. The van der Waals surface area contributed by atoms with Gasteiger partial charge in [-0.05, 0) is 42.9 Å². The van der Waals surface area contributed by atoms with E-state index in [1.54, 1.807) is 12.1 Å². The highest BCUT2D eigenvalue weighted by Crippen LogP contribution is 2.22. The largest absolute Gasteiger partial charge is 0.494 e. The summed E-state index contributed by atoms with van der Waals surface area (Å²) in [4.78, 5) is 18.8. The van der Waals surface area contributed by atoms with Crippen molar-refractivity contribution in [3.63, 3.8) is 0 Å². The van der Waals surface area contributed by atoms with Gasteiger partial charge < -0.3 is 5.11 Å². The third-order valence-electron chi connectivity index (χ3n) is 3.66. The van der Waals surface area contributed by atoms with Crippen LogP contribution in [-0.4, -0.2) is 20.9 Å². The standard InChI is InChI=1S/C18H14FN3O2S/c1-11-6-2-4-8-14(11)20-10-12-16(23)21-18(25)22(17(12)24)15-9-5-3-7-13(15)19/h2-10,24H,1H3,(H,21,23,25). The molecule has 0 atom stereocenters. The van der Waals surface area contributed by atoms with Gasteiger partial charge in [0.15, 0.2) is 4.77 Å². The molecule has 0 saturated heterocycles. The van der Waals surface area contributed by atoms with E-state index in [1.165, 1.54) is 24.4 Å². The van der Waals surface area contributed by atoms with Gasteiger partial charge in [0, 0.05) is 6.21 Å². The minimum atomic E-state index is -0.604. The lowest BCUT2D eigenvalue weighted by molar-refractivity contribution is 0.429. The first-order valence-electron chi connectivity index (χ1n) is 7.42. The Hall–Kier alpha value is -3.06. The summed E-state index contributed by atoms with van der Waals surface area (Å²) in [5.41, 5.74) is 0.886. The van der Waals surface area contributed by atoms with E-state index in [0.29, 0.717) is 5.69 Å². The Morgan fingerprint density at radius 1 is 1.20 bits per heavy atom. The van der Waals surface area contributed by atoms with Crippen molar-refractivity contribution in [3.8, 4) is 11.6 Å². The molecule has 0 spiro atoms. The van der Waals surface area contributed by atoms with Crippen LogP contribution in [0.2, 0.25) is 0 Å². The third kappa shape index (κ3) is 3.27. The molecule has 2 N–H and O–H groups in total. The maximum atomic E-state index is 14.1. The summed E-state index contributed by atoms with van der Waals surface area (Å²) in [5, 5.41) is 10.5. The van der Waals surface area contributed by atoms with Gasteiger partial charge >= 0.3 is 0 Å². The lowest BCUT2D eigenvalue weighted by Crippen LogP contribution is -2.18. The number of halogens is 1. The van der Waals surface area contributed by atoms with Crippen LogP contribution in [0.25, 0.3) is 5.69 Å². The minimum absolute atomic E-state index is 0.0341. The fraction of sp³-hybridized carbons (Fsp3) is 0.0556. The molecule has 1 heterocycles. The number of benzene rings is 2. The molecule has 0 bridgehead atoms. The van der Waals surface area contributed by atoms with Crippen LogP contribution in [0.15, 0.2) is 58.3 Å². The first-order valence-corrected chi connectivity index (χ1v) is 7.83. The van der Waals surface area contributed by atoms with Gasteiger partial charge in [-0.1, -0.05) is 30.3 Å². The molecule has 126 valence electrons. The summed E-state index contributed by atoms with van der Waals surface area (Å²) in [5.74, 6) is -1.06. The number of rotatable bonds is 3. The Morgan fingerprint density at radius 2 is 1.88 bits per heavy atom. The molecule has 0 aliphatic heterocycles. The summed E-state index contributed by atoms with van der Waals surface area (Å²) >= 11 is 5.06. The predicted molar refractivity (Wildman–Crippen MR) is 97.3 cm³/mol. The lowest BCUT2D eigenvalue weighted by Gasteiger charge is -2.11. The fourth-order valence-electron chi connectivity index (χ4n) is 2.35. The van der Waals surface area contributed by atoms with Gasteiger partial charge in [0.05, 0.1) is 11.4 Å². The number of hydrogen-bond donors (Lipinski definition) is 2. The van der Waals surface area contributed by atoms with Crippen molar-refractivity contribution in [2.75, 3.05) is 0 Å². The Balaban J connectivity index is 2.18. The Morgan fingerprint density at radius 3 is 2.60 bits per heavy atom. The van der Waals surface area contributed by atoms with Crippen LogP contribution in [0, 0.1) is 17.5 Å². The molecular weight excluding hydrogens is 341 g/mol. The summed E-state index contributed by atoms with van der Waals surface area (Å²) < 4.78 is 15.0. The van der Waals surface area contributed by atoms with E-state index in [4.69, 9.17) is 12.2 Å². The number of aromatic amines is 1. The number of aromatic nitrogens is 2. The van der Waals surface area contributed by atoms with E-state index in [0.717, 1.165) is 10.1 Å². The van der Waals surface area contributed by atoms with E-state index in [9.17, 15) is 14.3 Å². The molecule has 0 unspecified atom stereocenters. The summed E-state index contributed by atoms with van der Waals surface area (Å²) in [6.45, 7) is 1.88. The quantitative estimate of drug-likeness (QED) is 0.555. The van der Waals surface area contributed by atoms with Crippen LogP contribution in [-0.2, 0) is 0 Å². The normalized spacial score (nSPS) is 11.1. The number of aliphatic imine (C=N–C) groups is 1. The predicted octanol–water partition coefficient (Wildman–Crippen LogP) is 3.80. The van der Waals surface area contributed by atoms with Crippen molar-refractivity contribution < 1.29 is 9.50 Å². The van der Waals surface area contributed by atoms with Gasteiger partial charge in [0.2, 0.25) is 5.88 Å². The van der Waals surface area contributed by atoms with E-state index < -0.39 is 17.3 Å². The average Bonchev–Trinajstić information content (AvgIpc) is 2.57. The molecule has 0 fully saturated rings. The Kier molecular flexibility index (Phi) is 4.58. The Bertz CT molecular complexity index is 1090. The summed E-state index contributed by atoms with van der Waals surface area (Å²) in [7, 11) is 0. The zero-order valence-electron chi connectivity index (χ0n) is 13.2. The van der Waals surface area contributed by atoms with Crippen LogP contribution in [0.4, 0.5) is 10.1 Å². The Labute approximate surface area is 147 Å². The second-order valence-corrected chi connectivity index (χ2v) is 5.71. The molecule has 25 heavy (non-hydrogen) atoms. The lowest BCUT2D eigenvalue weighted by atomic mass is 10.2. The van der Waals surface area contributed by atoms with Gasteiger partial charge in [0.1, 0.15) is 11.4 Å². The van der Waals surface area contributed by atoms with Gasteiger partial charge in [-0.3, -0.25) is 19.3 Å². The topological polar surface area (TPSA) is 70.4 Å². The molecule has 7 heteroatoms. The van der Waals surface area contributed by atoms with E-state index in [-0.39, 0.29) is 16.0 Å². The van der Waals surface area contributed by atoms with Crippen LogP contribution in [0.5, 0.6) is 5.88 Å². The zero-order chi connectivity index (χ0) is 18.0. The van der Waals surface area contributed by atoms with Crippen LogP contribution >= 0.6 is 12.2 Å². The molecule has 0 saturated carbocycles. The molecule has 0 radical (unpaired) electrons. The number of nitrogens with zero attached hydrogens (tertiary/aromatic N) is 2. The van der Waals surface area contributed by atoms with Gasteiger partial charge in [-0.2, -0.15) is 0 Å². The maximum Gasteiger partial charge on any atom is 0.264 e. The van der Waals surface area contributed by atoms with Crippen LogP contribution in [0.1, 0.15) is 11.1 Å². The highest BCUT2D eigenvalue weighted by molar-refractivity contribution is 7.71. The molecule has 3 rings (SSSR count). The second kappa shape index (κ2) is 6.82. The molecule has 5 nitrogen and oxygen atoms in total. The number of aryl methyl sites for hydroxylation is 1. The first-order chi connectivity index (χ1) is 12.0. The molecule has 0 aliphatic carbocycles. The summed E-state index contributed by atoms with van der Waals surface area (Å²) in [6.07, 6.45) is 1.24. The van der Waals surface area contributed by atoms with Gasteiger partial charge in [-0.15, -0.1) is 0 Å². The number of para-hydroxylation sites is 2. The maximum absolute atomic E-state index is 14.1. The third-order valence-corrected chi connectivity index (χ3v) is 3.95. The van der Waals surface area contributed by atoms with Gasteiger partial charge in [-0.25, -0.2) is 4.39 Å². The highest BCUT2D eigenvalue weighted by atomic mass is 32.1. The molecule has 0 amide bonds. The monoisotopic (exact) mass is 355 g/mol. The fourth-order valence-corrected chi connectivity index (χ4v) is 2.63.